The number of hydrogen-bond acceptors (Lipinski definition) is 1. The minimum Gasteiger partial charge on any atom is -0.370 e. The van der Waals surface area contributed by atoms with E-state index < -0.39 is 0 Å². The molecule has 60 valence electrons. The van der Waals surface area contributed by atoms with Crippen LogP contribution in [0.15, 0.2) is 4.99 Å². The molecule has 0 atom stereocenters. The number of hydrogen-bond donors (Lipinski definition) is 1. The van der Waals surface area contributed by atoms with E-state index in [4.69, 9.17) is 5.73 Å². The summed E-state index contributed by atoms with van der Waals surface area (Å²) < 4.78 is 0. The summed E-state index contributed by atoms with van der Waals surface area (Å²) in [5, 5.41) is 0. The van der Waals surface area contributed by atoms with Crippen molar-refractivity contribution in [2.75, 3.05) is 20.1 Å². The van der Waals surface area contributed by atoms with Crippen LogP contribution in [-0.2, 0) is 0 Å². The van der Waals surface area contributed by atoms with Crippen LogP contribution in [0, 0.1) is 0 Å². The summed E-state index contributed by atoms with van der Waals surface area (Å²) in [6.07, 6.45) is 1.11. The van der Waals surface area contributed by atoms with E-state index in [2.05, 4.69) is 11.9 Å². The third kappa shape index (κ3) is 3.33. The van der Waals surface area contributed by atoms with Gasteiger partial charge in [-0.3, -0.25) is 4.99 Å². The number of guanidine groups is 1. The third-order valence-electron chi connectivity index (χ3n) is 1.27. The summed E-state index contributed by atoms with van der Waals surface area (Å²) in [6.45, 7) is 5.84. The molecule has 0 radical (unpaired) electrons. The predicted octanol–water partition coefficient (Wildman–Crippen LogP) is 0.663. The summed E-state index contributed by atoms with van der Waals surface area (Å²) in [6, 6.07) is 0. The summed E-state index contributed by atoms with van der Waals surface area (Å²) in [4.78, 5) is 6.03. The standard InChI is InChI=1S/C7H17N3/c1-4-6-10(3)7(8)9-5-2/h4-6H2,1-3H3,(H2,8,9). The summed E-state index contributed by atoms with van der Waals surface area (Å²) in [5.74, 6) is 0.643. The minimum absolute atomic E-state index is 0.643. The van der Waals surface area contributed by atoms with Crippen LogP contribution in [0.4, 0.5) is 0 Å². The van der Waals surface area contributed by atoms with Crippen LogP contribution in [-0.4, -0.2) is 31.0 Å². The van der Waals surface area contributed by atoms with Crippen LogP contribution in [0.25, 0.3) is 0 Å². The highest BCUT2D eigenvalue weighted by Crippen LogP contribution is 1.85. The Labute approximate surface area is 62.9 Å². The van der Waals surface area contributed by atoms with Crippen molar-refractivity contribution in [3.05, 3.63) is 0 Å². The smallest absolute Gasteiger partial charge is 0.190 e. The van der Waals surface area contributed by atoms with Gasteiger partial charge in [0.15, 0.2) is 5.96 Å². The van der Waals surface area contributed by atoms with Crippen molar-refractivity contribution in [1.82, 2.24) is 4.90 Å². The van der Waals surface area contributed by atoms with Crippen LogP contribution < -0.4 is 5.73 Å². The average Bonchev–Trinajstić information content (AvgIpc) is 1.89. The van der Waals surface area contributed by atoms with Gasteiger partial charge in [-0.15, -0.1) is 0 Å². The number of rotatable bonds is 3. The van der Waals surface area contributed by atoms with Crippen molar-refractivity contribution in [2.45, 2.75) is 20.3 Å². The Bertz CT molecular complexity index is 109. The lowest BCUT2D eigenvalue weighted by molar-refractivity contribution is 0.493. The molecule has 0 saturated carbocycles. The van der Waals surface area contributed by atoms with Crippen molar-refractivity contribution >= 4 is 5.96 Å². The average molecular weight is 143 g/mol. The lowest BCUT2D eigenvalue weighted by atomic mass is 10.4. The van der Waals surface area contributed by atoms with E-state index in [-0.39, 0.29) is 0 Å². The van der Waals surface area contributed by atoms with Gasteiger partial charge in [-0.05, 0) is 13.3 Å². The van der Waals surface area contributed by atoms with E-state index >= 15 is 0 Å². The van der Waals surface area contributed by atoms with Gasteiger partial charge in [0, 0.05) is 20.1 Å². The molecule has 0 bridgehead atoms. The van der Waals surface area contributed by atoms with Gasteiger partial charge in [0.05, 0.1) is 0 Å². The van der Waals surface area contributed by atoms with Crippen LogP contribution in [0.2, 0.25) is 0 Å². The molecule has 0 aliphatic carbocycles. The normalized spacial score (nSPS) is 11.7. The molecule has 2 N–H and O–H groups in total. The van der Waals surface area contributed by atoms with E-state index in [0.29, 0.717) is 5.96 Å². The van der Waals surface area contributed by atoms with Gasteiger partial charge >= 0.3 is 0 Å². The van der Waals surface area contributed by atoms with Gasteiger partial charge in [-0.1, -0.05) is 6.92 Å². The van der Waals surface area contributed by atoms with Gasteiger partial charge in [-0.25, -0.2) is 0 Å². The highest BCUT2D eigenvalue weighted by atomic mass is 15.2. The Balaban J connectivity index is 3.69. The van der Waals surface area contributed by atoms with Crippen LogP contribution in [0.1, 0.15) is 20.3 Å². The van der Waals surface area contributed by atoms with Crippen molar-refractivity contribution < 1.29 is 0 Å². The lowest BCUT2D eigenvalue weighted by Crippen LogP contribution is -2.34. The second kappa shape index (κ2) is 5.09. The first-order chi connectivity index (χ1) is 4.72. The second-order valence-electron chi connectivity index (χ2n) is 2.25. The fourth-order valence-electron chi connectivity index (χ4n) is 0.733. The molecule has 3 heteroatoms. The van der Waals surface area contributed by atoms with E-state index in [0.717, 1.165) is 19.5 Å². The Morgan fingerprint density at radius 1 is 1.50 bits per heavy atom. The Hall–Kier alpha value is -0.730. The van der Waals surface area contributed by atoms with E-state index in [9.17, 15) is 0 Å². The lowest BCUT2D eigenvalue weighted by Gasteiger charge is -2.16. The molecule has 0 aliphatic heterocycles. The minimum atomic E-state index is 0.643. The highest BCUT2D eigenvalue weighted by Gasteiger charge is 1.96. The molecule has 0 fully saturated rings. The summed E-state index contributed by atoms with van der Waals surface area (Å²) in [7, 11) is 1.96. The topological polar surface area (TPSA) is 41.6 Å². The first-order valence-corrected chi connectivity index (χ1v) is 3.73. The molecule has 0 unspecified atom stereocenters. The molecule has 0 amide bonds. The summed E-state index contributed by atoms with van der Waals surface area (Å²) in [5.41, 5.74) is 5.59. The zero-order valence-corrected chi connectivity index (χ0v) is 7.09. The molecule has 0 aromatic heterocycles. The molecule has 0 rings (SSSR count). The van der Waals surface area contributed by atoms with Crippen LogP contribution >= 0.6 is 0 Å². The second-order valence-corrected chi connectivity index (χ2v) is 2.25. The largest absolute Gasteiger partial charge is 0.370 e. The maximum atomic E-state index is 5.59. The first-order valence-electron chi connectivity index (χ1n) is 3.73. The molecule has 0 aliphatic rings. The Morgan fingerprint density at radius 3 is 2.50 bits per heavy atom. The van der Waals surface area contributed by atoms with Crippen molar-refractivity contribution in [3.8, 4) is 0 Å². The Morgan fingerprint density at radius 2 is 2.10 bits per heavy atom. The van der Waals surface area contributed by atoms with Crippen LogP contribution in [0.5, 0.6) is 0 Å². The van der Waals surface area contributed by atoms with E-state index in [1.807, 2.05) is 18.9 Å². The Kier molecular flexibility index (Phi) is 4.72. The fourth-order valence-corrected chi connectivity index (χ4v) is 0.733. The van der Waals surface area contributed by atoms with Crippen molar-refractivity contribution in [2.24, 2.45) is 10.7 Å². The van der Waals surface area contributed by atoms with E-state index in [1.165, 1.54) is 0 Å². The molecule has 0 saturated heterocycles. The van der Waals surface area contributed by atoms with Gasteiger partial charge < -0.3 is 10.6 Å². The maximum absolute atomic E-state index is 5.59. The molecule has 0 aromatic carbocycles. The number of aliphatic imine (C=N–C) groups is 1. The molecular formula is C7H17N3. The molecule has 10 heavy (non-hydrogen) atoms. The zero-order valence-electron chi connectivity index (χ0n) is 7.09. The van der Waals surface area contributed by atoms with Gasteiger partial charge in [0.25, 0.3) is 0 Å². The molecule has 3 nitrogen and oxygen atoms in total. The van der Waals surface area contributed by atoms with Gasteiger partial charge in [0.2, 0.25) is 0 Å². The summed E-state index contributed by atoms with van der Waals surface area (Å²) >= 11 is 0. The molecule has 0 spiro atoms. The molecular weight excluding hydrogens is 126 g/mol. The maximum Gasteiger partial charge on any atom is 0.190 e. The number of nitrogens with zero attached hydrogens (tertiary/aromatic N) is 2. The highest BCUT2D eigenvalue weighted by molar-refractivity contribution is 5.77. The quantitative estimate of drug-likeness (QED) is 0.466. The first kappa shape index (κ1) is 9.27. The van der Waals surface area contributed by atoms with E-state index in [1.54, 1.807) is 0 Å². The predicted molar refractivity (Wildman–Crippen MR) is 45.1 cm³/mol. The van der Waals surface area contributed by atoms with Crippen molar-refractivity contribution in [3.63, 3.8) is 0 Å². The monoisotopic (exact) mass is 143 g/mol. The van der Waals surface area contributed by atoms with Crippen molar-refractivity contribution in [1.29, 1.82) is 0 Å². The molecule has 0 aromatic rings. The molecule has 0 heterocycles. The van der Waals surface area contributed by atoms with Gasteiger partial charge in [0.1, 0.15) is 0 Å². The zero-order chi connectivity index (χ0) is 7.98. The number of nitrogens with two attached hydrogens (primary N) is 1. The van der Waals surface area contributed by atoms with Gasteiger partial charge in [-0.2, -0.15) is 0 Å². The fraction of sp³-hybridized carbons (Fsp3) is 0.857. The van der Waals surface area contributed by atoms with Crippen LogP contribution in [0.3, 0.4) is 0 Å². The SMILES string of the molecule is CCCN(C)C(N)=NCC. The third-order valence-corrected chi connectivity index (χ3v) is 1.27.